The molecule has 0 spiro atoms. The average molecular weight is 474 g/mol. The van der Waals surface area contributed by atoms with Crippen LogP contribution in [0.15, 0.2) is 0 Å². The molecular formula is C25H49N2O4S+. The molecule has 3 atom stereocenters. The molecule has 0 aliphatic carbocycles. The van der Waals surface area contributed by atoms with Gasteiger partial charge in [-0.15, -0.1) is 0 Å². The number of nitrogens with zero attached hydrogens (tertiary/aromatic N) is 1. The molecular weight excluding hydrogens is 424 g/mol. The van der Waals surface area contributed by atoms with Crippen LogP contribution in [-0.2, 0) is 14.4 Å². The van der Waals surface area contributed by atoms with Gasteiger partial charge in [0, 0.05) is 19.1 Å². The highest BCUT2D eigenvalue weighted by Crippen LogP contribution is 2.18. The van der Waals surface area contributed by atoms with Gasteiger partial charge in [0.2, 0.25) is 5.91 Å². The van der Waals surface area contributed by atoms with E-state index in [4.69, 9.17) is 0 Å². The molecule has 0 saturated heterocycles. The lowest BCUT2D eigenvalue weighted by molar-refractivity contribution is -0.883. The largest absolute Gasteiger partial charge is 0.480 e. The van der Waals surface area contributed by atoms with Crippen molar-refractivity contribution in [1.82, 2.24) is 5.32 Å². The van der Waals surface area contributed by atoms with Gasteiger partial charge >= 0.3 is 5.97 Å². The fraction of sp³-hybridized carbons (Fsp3) is 0.880. The highest BCUT2D eigenvalue weighted by Gasteiger charge is 2.31. The van der Waals surface area contributed by atoms with Crippen molar-refractivity contribution in [2.75, 3.05) is 32.6 Å². The Morgan fingerprint density at radius 1 is 0.906 bits per heavy atom. The highest BCUT2D eigenvalue weighted by molar-refractivity contribution is 7.99. The van der Waals surface area contributed by atoms with Gasteiger partial charge in [0.25, 0.3) is 0 Å². The number of carboxylic acid groups (broad SMARTS) is 1. The van der Waals surface area contributed by atoms with Crippen molar-refractivity contribution >= 4 is 29.4 Å². The zero-order chi connectivity index (χ0) is 24.6. The van der Waals surface area contributed by atoms with Gasteiger partial charge in [-0.25, -0.2) is 4.79 Å². The quantitative estimate of drug-likeness (QED) is 0.194. The Bertz CT molecular complexity index is 549. The summed E-state index contributed by atoms with van der Waals surface area (Å²) in [4.78, 5) is 35.3. The van der Waals surface area contributed by atoms with Crippen LogP contribution >= 0.6 is 11.8 Å². The lowest BCUT2D eigenvalue weighted by atomic mass is 9.99. The monoisotopic (exact) mass is 473 g/mol. The number of quaternary nitrogens is 1. The van der Waals surface area contributed by atoms with Gasteiger partial charge in [-0.1, -0.05) is 71.6 Å². The van der Waals surface area contributed by atoms with E-state index in [2.05, 4.69) is 19.2 Å². The van der Waals surface area contributed by atoms with Crippen LogP contribution < -0.4 is 5.32 Å². The third-order valence-electron chi connectivity index (χ3n) is 6.11. The number of aliphatic carboxylic acids is 1. The fourth-order valence-corrected chi connectivity index (χ4v) is 5.14. The van der Waals surface area contributed by atoms with Gasteiger partial charge in [0.15, 0.2) is 11.8 Å². The van der Waals surface area contributed by atoms with Crippen molar-refractivity contribution in [2.45, 2.75) is 103 Å². The molecule has 0 aliphatic heterocycles. The average Bonchev–Trinajstić information content (AvgIpc) is 2.69. The first-order valence-corrected chi connectivity index (χ1v) is 13.6. The smallest absolute Gasteiger partial charge is 0.327 e. The second kappa shape index (κ2) is 17.4. The van der Waals surface area contributed by atoms with Gasteiger partial charge < -0.3 is 14.9 Å². The number of thioether (sulfide) groups is 1. The van der Waals surface area contributed by atoms with Crippen LogP contribution in [0.4, 0.5) is 0 Å². The second-order valence-electron chi connectivity index (χ2n) is 10.1. The van der Waals surface area contributed by atoms with Crippen molar-refractivity contribution in [3.05, 3.63) is 0 Å². The number of amides is 1. The number of ketones is 1. The summed E-state index contributed by atoms with van der Waals surface area (Å²) in [5.74, 6) is 0.525. The first-order chi connectivity index (χ1) is 15.0. The number of carboxylic acids is 1. The van der Waals surface area contributed by atoms with Crippen LogP contribution in [0.25, 0.3) is 0 Å². The van der Waals surface area contributed by atoms with E-state index >= 15 is 0 Å². The Hall–Kier alpha value is -1.08. The summed E-state index contributed by atoms with van der Waals surface area (Å²) in [7, 11) is 6.02. The minimum absolute atomic E-state index is 0.169. The van der Waals surface area contributed by atoms with Crippen molar-refractivity contribution in [3.8, 4) is 0 Å². The molecule has 0 heterocycles. The number of carbonyl (C=O) groups excluding carboxylic acids is 2. The first-order valence-electron chi connectivity index (χ1n) is 12.4. The maximum atomic E-state index is 12.8. The van der Waals surface area contributed by atoms with Crippen LogP contribution in [-0.4, -0.2) is 72.0 Å². The molecule has 188 valence electrons. The number of Topliss-reactive ketones (excluding diaryl/α,β-unsaturated/α-hetero) is 1. The minimum Gasteiger partial charge on any atom is -0.480 e. The Labute approximate surface area is 200 Å². The highest BCUT2D eigenvalue weighted by atomic mass is 32.2. The van der Waals surface area contributed by atoms with Gasteiger partial charge in [-0.3, -0.25) is 9.59 Å². The van der Waals surface area contributed by atoms with Crippen LogP contribution in [0.1, 0.15) is 91.4 Å². The van der Waals surface area contributed by atoms with E-state index in [-0.39, 0.29) is 23.5 Å². The van der Waals surface area contributed by atoms with E-state index in [1.54, 1.807) is 0 Å². The summed E-state index contributed by atoms with van der Waals surface area (Å²) in [6.07, 6.45) is 13.0. The van der Waals surface area contributed by atoms with Crippen molar-refractivity contribution in [3.63, 3.8) is 0 Å². The maximum Gasteiger partial charge on any atom is 0.327 e. The number of rotatable bonds is 20. The molecule has 0 aromatic rings. The predicted octanol–water partition coefficient (Wildman–Crippen LogP) is 4.90. The molecule has 0 aromatic carbocycles. The standard InChI is InChI=1S/C25H48N2O4S/c1-7-20(2)16-14-12-10-8-9-11-13-15-17-24(29)23(27(4,5)6)19-32-18-22(25(30)31)26-21(3)28/h20,22-23H,7-19H2,1-6H3,(H-,26,28,30,31)/p+1. The van der Waals surface area contributed by atoms with E-state index in [1.165, 1.54) is 70.1 Å². The van der Waals surface area contributed by atoms with Crippen molar-refractivity contribution in [1.29, 1.82) is 0 Å². The number of unbranched alkanes of at least 4 members (excludes halogenated alkanes) is 7. The zero-order valence-corrected chi connectivity index (χ0v) is 22.3. The Morgan fingerprint density at radius 3 is 1.91 bits per heavy atom. The summed E-state index contributed by atoms with van der Waals surface area (Å²) < 4.78 is 0.528. The predicted molar refractivity (Wildman–Crippen MR) is 135 cm³/mol. The first kappa shape index (κ1) is 30.9. The fourth-order valence-electron chi connectivity index (χ4n) is 3.69. The van der Waals surface area contributed by atoms with Crippen LogP contribution in [0.3, 0.4) is 0 Å². The molecule has 0 saturated carbocycles. The summed E-state index contributed by atoms with van der Waals surface area (Å²) in [6, 6.07) is -1.09. The molecule has 0 bridgehead atoms. The molecule has 0 rings (SSSR count). The molecule has 6 nitrogen and oxygen atoms in total. The lowest BCUT2D eigenvalue weighted by Crippen LogP contribution is -2.51. The molecule has 1 amide bonds. The third kappa shape index (κ3) is 15.7. The summed E-state index contributed by atoms with van der Waals surface area (Å²) in [5, 5.41) is 11.7. The molecule has 0 fully saturated rings. The Morgan fingerprint density at radius 2 is 1.44 bits per heavy atom. The molecule has 7 heteroatoms. The van der Waals surface area contributed by atoms with Gasteiger partial charge in [0.1, 0.15) is 6.04 Å². The number of hydrogen-bond donors (Lipinski definition) is 2. The van der Waals surface area contributed by atoms with Crippen LogP contribution in [0.5, 0.6) is 0 Å². The molecule has 32 heavy (non-hydrogen) atoms. The maximum absolute atomic E-state index is 12.8. The topological polar surface area (TPSA) is 83.5 Å². The molecule has 3 unspecified atom stereocenters. The van der Waals surface area contributed by atoms with Gasteiger partial charge in [-0.2, -0.15) is 11.8 Å². The number of hydrogen-bond acceptors (Lipinski definition) is 4. The van der Waals surface area contributed by atoms with E-state index < -0.39 is 12.0 Å². The molecule has 2 N–H and O–H groups in total. The SMILES string of the molecule is CCC(C)CCCCCCCCCCC(=O)C(CSCC(NC(C)=O)C(=O)O)[N+](C)(C)C. The van der Waals surface area contributed by atoms with E-state index in [9.17, 15) is 19.5 Å². The number of likely N-dealkylation sites (N-methyl/N-ethyl adjacent to an activating group) is 1. The summed E-state index contributed by atoms with van der Waals surface area (Å²) in [5.41, 5.74) is 0. The molecule has 0 radical (unpaired) electrons. The molecule has 0 aliphatic rings. The Kier molecular flexibility index (Phi) is 16.8. The van der Waals surface area contributed by atoms with Crippen molar-refractivity contribution < 1.29 is 24.0 Å². The second-order valence-corrected chi connectivity index (χ2v) is 11.2. The number of carbonyl (C=O) groups is 3. The van der Waals surface area contributed by atoms with E-state index in [0.717, 1.165) is 18.8 Å². The third-order valence-corrected chi connectivity index (χ3v) is 7.23. The van der Waals surface area contributed by atoms with E-state index in [1.807, 2.05) is 21.1 Å². The summed E-state index contributed by atoms with van der Waals surface area (Å²) in [6.45, 7) is 5.91. The van der Waals surface area contributed by atoms with Gasteiger partial charge in [-0.05, 0) is 12.3 Å². The summed E-state index contributed by atoms with van der Waals surface area (Å²) >= 11 is 1.42. The zero-order valence-electron chi connectivity index (χ0n) is 21.5. The van der Waals surface area contributed by atoms with Gasteiger partial charge in [0.05, 0.1) is 26.9 Å². The van der Waals surface area contributed by atoms with Crippen LogP contribution in [0.2, 0.25) is 0 Å². The van der Waals surface area contributed by atoms with E-state index in [0.29, 0.717) is 16.7 Å². The Balaban J connectivity index is 4.15. The molecule has 0 aromatic heterocycles. The normalized spacial score (nSPS) is 14.6. The minimum atomic E-state index is -1.05. The number of nitrogens with one attached hydrogen (secondary N) is 1. The van der Waals surface area contributed by atoms with Crippen molar-refractivity contribution in [2.24, 2.45) is 5.92 Å². The van der Waals surface area contributed by atoms with Crippen LogP contribution in [0, 0.1) is 5.92 Å². The lowest BCUT2D eigenvalue weighted by Gasteiger charge is -2.33.